The van der Waals surface area contributed by atoms with Gasteiger partial charge in [0.15, 0.2) is 4.34 Å². The molecule has 0 aromatic carbocycles. The zero-order valence-electron chi connectivity index (χ0n) is 13.3. The molecule has 0 aliphatic heterocycles. The number of carbonyl (C=O) groups excluding carboxylic acids is 2. The van der Waals surface area contributed by atoms with Gasteiger partial charge in [0, 0.05) is 12.6 Å². The van der Waals surface area contributed by atoms with E-state index in [0.29, 0.717) is 4.34 Å². The lowest BCUT2D eigenvalue weighted by Gasteiger charge is -2.11. The third-order valence-corrected chi connectivity index (χ3v) is 4.58. The summed E-state index contributed by atoms with van der Waals surface area (Å²) in [5.41, 5.74) is 0. The van der Waals surface area contributed by atoms with Crippen LogP contribution in [-0.4, -0.2) is 40.0 Å². The Morgan fingerprint density at radius 3 is 2.64 bits per heavy atom. The van der Waals surface area contributed by atoms with E-state index in [2.05, 4.69) is 33.1 Å². The molecule has 3 amide bonds. The summed E-state index contributed by atoms with van der Waals surface area (Å²) in [6.45, 7) is 8.38. The molecule has 0 spiro atoms. The van der Waals surface area contributed by atoms with Crippen LogP contribution in [0.5, 0.6) is 0 Å². The predicted octanol–water partition coefficient (Wildman–Crippen LogP) is 2.46. The fourth-order valence-electron chi connectivity index (χ4n) is 1.42. The number of nitrogens with zero attached hydrogens (tertiary/aromatic N) is 2. The summed E-state index contributed by atoms with van der Waals surface area (Å²) in [7, 11) is 0. The first-order valence-corrected chi connectivity index (χ1v) is 8.97. The highest BCUT2D eigenvalue weighted by molar-refractivity contribution is 8.02. The van der Waals surface area contributed by atoms with Crippen LogP contribution in [0.3, 0.4) is 0 Å². The summed E-state index contributed by atoms with van der Waals surface area (Å²) in [4.78, 5) is 23.4. The maximum Gasteiger partial charge on any atom is 0.321 e. The molecule has 22 heavy (non-hydrogen) atoms. The lowest BCUT2D eigenvalue weighted by atomic mass is 10.3. The number of imide groups is 1. The number of carbonyl (C=O) groups is 2. The van der Waals surface area contributed by atoms with E-state index in [4.69, 9.17) is 0 Å². The Bertz CT molecular complexity index is 493. The molecule has 0 radical (unpaired) electrons. The van der Waals surface area contributed by atoms with Gasteiger partial charge in [-0.05, 0) is 27.2 Å². The van der Waals surface area contributed by atoms with Crippen LogP contribution < -0.4 is 16.0 Å². The predicted molar refractivity (Wildman–Crippen MR) is 90.4 cm³/mol. The molecule has 1 rings (SSSR count). The van der Waals surface area contributed by atoms with E-state index in [9.17, 15) is 9.59 Å². The van der Waals surface area contributed by atoms with E-state index in [1.165, 1.54) is 23.1 Å². The van der Waals surface area contributed by atoms with Crippen molar-refractivity contribution >= 4 is 40.2 Å². The third-order valence-electron chi connectivity index (χ3n) is 2.52. The molecular weight excluding hydrogens is 322 g/mol. The van der Waals surface area contributed by atoms with Gasteiger partial charge in [-0.15, -0.1) is 10.2 Å². The Balaban J connectivity index is 2.42. The van der Waals surface area contributed by atoms with Crippen molar-refractivity contribution in [3.05, 3.63) is 0 Å². The number of thioether (sulfide) groups is 1. The SMILES string of the molecule is CCCCNc1nnc(S[C@H](C)C(=O)NC(=O)NC(C)C)s1. The van der Waals surface area contributed by atoms with Crippen LogP contribution in [0.15, 0.2) is 4.34 Å². The second-order valence-electron chi connectivity index (χ2n) is 5.03. The van der Waals surface area contributed by atoms with Crippen molar-refractivity contribution in [2.45, 2.75) is 56.2 Å². The minimum absolute atomic E-state index is 0.0179. The maximum absolute atomic E-state index is 11.9. The van der Waals surface area contributed by atoms with Gasteiger partial charge >= 0.3 is 6.03 Å². The van der Waals surface area contributed by atoms with E-state index >= 15 is 0 Å². The molecule has 1 aromatic rings. The van der Waals surface area contributed by atoms with Crippen LogP contribution in [-0.2, 0) is 4.79 Å². The van der Waals surface area contributed by atoms with Crippen LogP contribution in [0, 0.1) is 0 Å². The molecule has 0 bridgehead atoms. The minimum Gasteiger partial charge on any atom is -0.360 e. The van der Waals surface area contributed by atoms with Gasteiger partial charge in [0.2, 0.25) is 11.0 Å². The molecule has 0 aliphatic carbocycles. The summed E-state index contributed by atoms with van der Waals surface area (Å²) >= 11 is 2.69. The van der Waals surface area contributed by atoms with E-state index in [-0.39, 0.29) is 11.9 Å². The van der Waals surface area contributed by atoms with Crippen molar-refractivity contribution in [2.75, 3.05) is 11.9 Å². The van der Waals surface area contributed by atoms with Crippen LogP contribution in [0.1, 0.15) is 40.5 Å². The number of anilines is 1. The van der Waals surface area contributed by atoms with E-state index in [1.807, 2.05) is 13.8 Å². The van der Waals surface area contributed by atoms with Crippen molar-refractivity contribution in [3.63, 3.8) is 0 Å². The maximum atomic E-state index is 11.9. The summed E-state index contributed by atoms with van der Waals surface area (Å²) in [6, 6.07) is -0.498. The molecule has 0 aliphatic rings. The quantitative estimate of drug-likeness (QED) is 0.495. The van der Waals surface area contributed by atoms with Crippen molar-refractivity contribution in [2.24, 2.45) is 0 Å². The van der Waals surface area contributed by atoms with E-state index in [1.54, 1.807) is 6.92 Å². The highest BCUT2D eigenvalue weighted by atomic mass is 32.2. The number of nitrogens with one attached hydrogen (secondary N) is 3. The lowest BCUT2D eigenvalue weighted by molar-refractivity contribution is -0.119. The normalized spacial score (nSPS) is 12.0. The topological polar surface area (TPSA) is 96.0 Å². The molecule has 1 aromatic heterocycles. The average Bonchev–Trinajstić information content (AvgIpc) is 2.85. The third kappa shape index (κ3) is 7.08. The van der Waals surface area contributed by atoms with Crippen molar-refractivity contribution in [1.82, 2.24) is 20.8 Å². The first-order chi connectivity index (χ1) is 10.4. The number of urea groups is 1. The van der Waals surface area contributed by atoms with E-state index in [0.717, 1.165) is 24.5 Å². The highest BCUT2D eigenvalue weighted by Crippen LogP contribution is 2.28. The van der Waals surface area contributed by atoms with Crippen LogP contribution in [0.2, 0.25) is 0 Å². The molecule has 1 heterocycles. The lowest BCUT2D eigenvalue weighted by Crippen LogP contribution is -2.45. The Labute approximate surface area is 139 Å². The second kappa shape index (κ2) is 9.62. The molecule has 7 nitrogen and oxygen atoms in total. The zero-order chi connectivity index (χ0) is 16.5. The van der Waals surface area contributed by atoms with Crippen LogP contribution in [0.4, 0.5) is 9.93 Å². The van der Waals surface area contributed by atoms with Gasteiger partial charge in [-0.2, -0.15) is 0 Å². The summed E-state index contributed by atoms with van der Waals surface area (Å²) < 4.78 is 0.700. The molecule has 0 saturated heterocycles. The molecule has 0 fully saturated rings. The van der Waals surface area contributed by atoms with Gasteiger partial charge in [-0.3, -0.25) is 10.1 Å². The minimum atomic E-state index is -0.480. The van der Waals surface area contributed by atoms with E-state index < -0.39 is 11.3 Å². The molecule has 0 unspecified atom stereocenters. The highest BCUT2D eigenvalue weighted by Gasteiger charge is 2.19. The Morgan fingerprint density at radius 1 is 1.27 bits per heavy atom. The summed E-state index contributed by atoms with van der Waals surface area (Å²) in [6.07, 6.45) is 2.19. The number of rotatable bonds is 8. The van der Waals surface area contributed by atoms with Crippen molar-refractivity contribution in [1.29, 1.82) is 0 Å². The standard InChI is InChI=1S/C13H23N5O2S2/c1-5-6-7-14-12-17-18-13(22-12)21-9(4)10(19)16-11(20)15-8(2)3/h8-9H,5-7H2,1-4H3,(H,14,17)(H2,15,16,19,20)/t9-/m1/s1. The molecule has 1 atom stereocenters. The van der Waals surface area contributed by atoms with Crippen LogP contribution >= 0.6 is 23.1 Å². The molecule has 124 valence electrons. The van der Waals surface area contributed by atoms with Gasteiger partial charge in [-0.1, -0.05) is 36.4 Å². The molecule has 9 heteroatoms. The molecular formula is C13H23N5O2S2. The Hall–Kier alpha value is -1.35. The fourth-order valence-corrected chi connectivity index (χ4v) is 3.34. The Kier molecular flexibility index (Phi) is 8.18. The monoisotopic (exact) mass is 345 g/mol. The first-order valence-electron chi connectivity index (χ1n) is 7.27. The van der Waals surface area contributed by atoms with Crippen LogP contribution in [0.25, 0.3) is 0 Å². The van der Waals surface area contributed by atoms with Gasteiger partial charge < -0.3 is 10.6 Å². The largest absolute Gasteiger partial charge is 0.360 e. The van der Waals surface area contributed by atoms with Gasteiger partial charge in [0.05, 0.1) is 5.25 Å². The second-order valence-corrected chi connectivity index (χ2v) is 7.60. The molecule has 3 N–H and O–H groups in total. The number of amides is 3. The van der Waals surface area contributed by atoms with Crippen molar-refractivity contribution < 1.29 is 9.59 Å². The van der Waals surface area contributed by atoms with Gasteiger partial charge in [0.25, 0.3) is 0 Å². The average molecular weight is 345 g/mol. The smallest absolute Gasteiger partial charge is 0.321 e. The van der Waals surface area contributed by atoms with Gasteiger partial charge in [-0.25, -0.2) is 4.79 Å². The zero-order valence-corrected chi connectivity index (χ0v) is 14.9. The first kappa shape index (κ1) is 18.7. The summed E-state index contributed by atoms with van der Waals surface area (Å²) in [5, 5.41) is 16.5. The summed E-state index contributed by atoms with van der Waals surface area (Å²) in [5.74, 6) is -0.348. The number of unbranched alkanes of at least 4 members (excludes halogenated alkanes) is 1. The fraction of sp³-hybridized carbons (Fsp3) is 0.692. The Morgan fingerprint density at radius 2 is 2.00 bits per heavy atom. The number of hydrogen-bond donors (Lipinski definition) is 3. The van der Waals surface area contributed by atoms with Crippen molar-refractivity contribution in [3.8, 4) is 0 Å². The number of hydrogen-bond acceptors (Lipinski definition) is 7. The molecule has 0 saturated carbocycles. The van der Waals surface area contributed by atoms with Gasteiger partial charge in [0.1, 0.15) is 0 Å². The number of aromatic nitrogens is 2.